The number of aliphatic hydroxyl groups excluding tert-OH is 1. The van der Waals surface area contributed by atoms with E-state index in [9.17, 15) is 5.11 Å². The lowest BCUT2D eigenvalue weighted by atomic mass is 10.0. The van der Waals surface area contributed by atoms with Crippen LogP contribution in [0.15, 0.2) is 12.1 Å². The van der Waals surface area contributed by atoms with E-state index >= 15 is 0 Å². The molecule has 2 rings (SSSR count). The van der Waals surface area contributed by atoms with Gasteiger partial charge in [0, 0.05) is 24.8 Å². The van der Waals surface area contributed by atoms with Gasteiger partial charge >= 0.3 is 0 Å². The first-order valence-electron chi connectivity index (χ1n) is 6.14. The Morgan fingerprint density at radius 1 is 1.26 bits per heavy atom. The van der Waals surface area contributed by atoms with E-state index < -0.39 is 6.10 Å². The largest absolute Gasteiger partial charge is 0.496 e. The molecule has 0 aliphatic heterocycles. The monoisotopic (exact) mass is 264 g/mol. The number of rotatable bonds is 4. The van der Waals surface area contributed by atoms with Crippen LogP contribution in [0.4, 0.5) is 0 Å². The summed E-state index contributed by atoms with van der Waals surface area (Å²) in [7, 11) is 5.18. The second kappa shape index (κ2) is 5.11. The van der Waals surface area contributed by atoms with Crippen LogP contribution in [0.25, 0.3) is 10.9 Å². The fourth-order valence-electron chi connectivity index (χ4n) is 2.54. The molecule has 1 atom stereocenters. The normalized spacial score (nSPS) is 12.7. The van der Waals surface area contributed by atoms with Crippen LogP contribution in [-0.4, -0.2) is 30.4 Å². The Labute approximate surface area is 112 Å². The van der Waals surface area contributed by atoms with Crippen molar-refractivity contribution in [2.45, 2.75) is 13.0 Å². The molecule has 1 heterocycles. The quantitative estimate of drug-likeness (QED) is 0.878. The zero-order chi connectivity index (χ0) is 14.2. The number of methoxy groups -OCH3 is 2. The lowest BCUT2D eigenvalue weighted by molar-refractivity contribution is 0.187. The van der Waals surface area contributed by atoms with Crippen LogP contribution in [0.1, 0.15) is 17.4 Å². The third-order valence-corrected chi connectivity index (χ3v) is 3.60. The number of aliphatic hydroxyl groups is 1. The van der Waals surface area contributed by atoms with Gasteiger partial charge in [0.05, 0.1) is 31.2 Å². The highest BCUT2D eigenvalue weighted by molar-refractivity contribution is 5.95. The average molecular weight is 264 g/mol. The minimum absolute atomic E-state index is 0.167. The summed E-state index contributed by atoms with van der Waals surface area (Å²) in [5, 5.41) is 11.0. The average Bonchev–Trinajstić information content (AvgIpc) is 2.70. The van der Waals surface area contributed by atoms with Gasteiger partial charge in [0.15, 0.2) is 0 Å². The van der Waals surface area contributed by atoms with Gasteiger partial charge in [-0.3, -0.25) is 0 Å². The van der Waals surface area contributed by atoms with Crippen molar-refractivity contribution in [1.29, 1.82) is 0 Å². The number of fused-ring (bicyclic) bond motifs is 1. The molecule has 104 valence electrons. The van der Waals surface area contributed by atoms with Crippen molar-refractivity contribution in [3.8, 4) is 11.5 Å². The van der Waals surface area contributed by atoms with Crippen LogP contribution < -0.4 is 15.2 Å². The van der Waals surface area contributed by atoms with Crippen LogP contribution in [-0.2, 0) is 7.05 Å². The Morgan fingerprint density at radius 2 is 1.84 bits per heavy atom. The maximum atomic E-state index is 10.2. The first-order valence-corrected chi connectivity index (χ1v) is 6.14. The molecule has 0 bridgehead atoms. The van der Waals surface area contributed by atoms with Gasteiger partial charge in [0.2, 0.25) is 0 Å². The second-order valence-electron chi connectivity index (χ2n) is 4.50. The van der Waals surface area contributed by atoms with Crippen LogP contribution in [0.5, 0.6) is 11.5 Å². The SMILES string of the molecule is COc1ccc(OC)c2c1c(C(O)CN)c(C)n2C. The summed E-state index contributed by atoms with van der Waals surface area (Å²) >= 11 is 0. The van der Waals surface area contributed by atoms with E-state index in [-0.39, 0.29) is 6.54 Å². The summed E-state index contributed by atoms with van der Waals surface area (Å²) in [6, 6.07) is 3.70. The number of aryl methyl sites for hydroxylation is 1. The van der Waals surface area contributed by atoms with E-state index in [4.69, 9.17) is 15.2 Å². The number of benzene rings is 1. The van der Waals surface area contributed by atoms with Gasteiger partial charge in [-0.25, -0.2) is 0 Å². The summed E-state index contributed by atoms with van der Waals surface area (Å²) in [4.78, 5) is 0. The number of nitrogens with zero attached hydrogens (tertiary/aromatic N) is 1. The van der Waals surface area contributed by atoms with Gasteiger partial charge in [-0.2, -0.15) is 0 Å². The molecule has 0 fully saturated rings. The number of hydrogen-bond donors (Lipinski definition) is 2. The molecular weight excluding hydrogens is 244 g/mol. The highest BCUT2D eigenvalue weighted by atomic mass is 16.5. The van der Waals surface area contributed by atoms with E-state index in [0.29, 0.717) is 5.75 Å². The van der Waals surface area contributed by atoms with Crippen LogP contribution in [0.3, 0.4) is 0 Å². The predicted molar refractivity (Wildman–Crippen MR) is 74.8 cm³/mol. The molecule has 0 radical (unpaired) electrons. The molecule has 0 amide bonds. The summed E-state index contributed by atoms with van der Waals surface area (Å²) in [5.41, 5.74) is 8.26. The standard InChI is InChI=1S/C14H20N2O3/c1-8-12(9(17)7-15)13-10(18-3)5-6-11(19-4)14(13)16(8)2/h5-6,9,17H,7,15H2,1-4H3. The second-order valence-corrected chi connectivity index (χ2v) is 4.50. The zero-order valence-corrected chi connectivity index (χ0v) is 11.7. The van der Waals surface area contributed by atoms with Gasteiger partial charge < -0.3 is 24.9 Å². The van der Waals surface area contributed by atoms with Crippen molar-refractivity contribution in [2.75, 3.05) is 20.8 Å². The Bertz CT molecular complexity index is 604. The number of aromatic nitrogens is 1. The predicted octanol–water partition coefficient (Wildman–Crippen LogP) is 1.50. The summed E-state index contributed by atoms with van der Waals surface area (Å²) < 4.78 is 12.8. The van der Waals surface area contributed by atoms with Crippen LogP contribution in [0, 0.1) is 6.92 Å². The third kappa shape index (κ3) is 1.95. The number of hydrogen-bond acceptors (Lipinski definition) is 4. The molecule has 5 heteroatoms. The zero-order valence-electron chi connectivity index (χ0n) is 11.7. The van der Waals surface area contributed by atoms with E-state index in [1.807, 2.05) is 30.7 Å². The van der Waals surface area contributed by atoms with E-state index in [0.717, 1.165) is 27.9 Å². The Morgan fingerprint density at radius 3 is 2.37 bits per heavy atom. The van der Waals surface area contributed by atoms with Crippen LogP contribution >= 0.6 is 0 Å². The molecule has 0 aliphatic carbocycles. The first-order chi connectivity index (χ1) is 9.06. The smallest absolute Gasteiger partial charge is 0.143 e. The van der Waals surface area contributed by atoms with Gasteiger partial charge in [-0.1, -0.05) is 0 Å². The van der Waals surface area contributed by atoms with E-state index in [2.05, 4.69) is 0 Å². The maximum Gasteiger partial charge on any atom is 0.143 e. The molecule has 0 spiro atoms. The lowest BCUT2D eigenvalue weighted by Gasteiger charge is -2.11. The first kappa shape index (κ1) is 13.7. The molecule has 1 aromatic carbocycles. The highest BCUT2D eigenvalue weighted by Gasteiger charge is 2.23. The van der Waals surface area contributed by atoms with Gasteiger partial charge in [-0.15, -0.1) is 0 Å². The number of ether oxygens (including phenoxy) is 2. The molecule has 0 saturated heterocycles. The van der Waals surface area contributed by atoms with Crippen molar-refractivity contribution in [2.24, 2.45) is 12.8 Å². The minimum atomic E-state index is -0.718. The fraction of sp³-hybridized carbons (Fsp3) is 0.429. The van der Waals surface area contributed by atoms with Crippen molar-refractivity contribution < 1.29 is 14.6 Å². The lowest BCUT2D eigenvalue weighted by Crippen LogP contribution is -2.12. The molecule has 0 aliphatic rings. The molecule has 19 heavy (non-hydrogen) atoms. The van der Waals surface area contributed by atoms with Crippen molar-refractivity contribution in [3.05, 3.63) is 23.4 Å². The van der Waals surface area contributed by atoms with Crippen molar-refractivity contribution in [3.63, 3.8) is 0 Å². The van der Waals surface area contributed by atoms with E-state index in [1.165, 1.54) is 0 Å². The summed E-state index contributed by atoms with van der Waals surface area (Å²) in [5.74, 6) is 1.46. The highest BCUT2D eigenvalue weighted by Crippen LogP contribution is 2.40. The van der Waals surface area contributed by atoms with Crippen molar-refractivity contribution >= 4 is 10.9 Å². The fourth-order valence-corrected chi connectivity index (χ4v) is 2.54. The molecule has 1 aromatic heterocycles. The summed E-state index contributed by atoms with van der Waals surface area (Å²) in [6.45, 7) is 2.12. The topological polar surface area (TPSA) is 69.6 Å². The molecule has 3 N–H and O–H groups in total. The third-order valence-electron chi connectivity index (χ3n) is 3.60. The summed E-state index contributed by atoms with van der Waals surface area (Å²) in [6.07, 6.45) is -0.718. The molecule has 1 unspecified atom stereocenters. The Balaban J connectivity index is 2.92. The molecule has 0 saturated carbocycles. The van der Waals surface area contributed by atoms with Gasteiger partial charge in [0.25, 0.3) is 0 Å². The number of nitrogens with two attached hydrogens (primary N) is 1. The maximum absolute atomic E-state index is 10.2. The van der Waals surface area contributed by atoms with Gasteiger partial charge in [-0.05, 0) is 19.1 Å². The molecule has 2 aromatic rings. The van der Waals surface area contributed by atoms with Gasteiger partial charge in [0.1, 0.15) is 11.5 Å². The minimum Gasteiger partial charge on any atom is -0.496 e. The Hall–Kier alpha value is -1.72. The van der Waals surface area contributed by atoms with Crippen LogP contribution in [0.2, 0.25) is 0 Å². The van der Waals surface area contributed by atoms with E-state index in [1.54, 1.807) is 14.2 Å². The Kier molecular flexibility index (Phi) is 3.68. The molecular formula is C14H20N2O3. The molecule has 5 nitrogen and oxygen atoms in total. The van der Waals surface area contributed by atoms with Crippen molar-refractivity contribution in [1.82, 2.24) is 4.57 Å².